The van der Waals surface area contributed by atoms with Gasteiger partial charge in [0.15, 0.2) is 5.65 Å². The monoisotopic (exact) mass is 193 g/mol. The fourth-order valence-electron chi connectivity index (χ4n) is 1.14. The minimum atomic E-state index is -0.401. The van der Waals surface area contributed by atoms with E-state index in [4.69, 9.17) is 5.11 Å². The first-order valence-corrected chi connectivity index (χ1v) is 4.33. The maximum absolute atomic E-state index is 9.11. The van der Waals surface area contributed by atoms with Crippen molar-refractivity contribution in [1.29, 1.82) is 0 Å². The van der Waals surface area contributed by atoms with Gasteiger partial charge in [-0.1, -0.05) is 0 Å². The van der Waals surface area contributed by atoms with Crippen LogP contribution in [-0.4, -0.2) is 37.3 Å². The Morgan fingerprint density at radius 2 is 2.43 bits per heavy atom. The molecule has 2 heterocycles. The number of aromatic nitrogens is 4. The van der Waals surface area contributed by atoms with Crippen LogP contribution in [0.4, 0.5) is 5.82 Å². The molecule has 2 rings (SSSR count). The molecule has 0 bridgehead atoms. The number of rotatable bonds is 3. The molecule has 2 N–H and O–H groups in total. The summed E-state index contributed by atoms with van der Waals surface area (Å²) in [5.74, 6) is 0.772. The molecule has 0 fully saturated rings. The topological polar surface area (TPSA) is 75.3 Å². The fraction of sp³-hybridized carbons (Fsp3) is 0.375. The molecule has 6 heteroatoms. The van der Waals surface area contributed by atoms with Gasteiger partial charge in [-0.2, -0.15) is 0 Å². The molecule has 2 aromatic heterocycles. The Morgan fingerprint density at radius 1 is 1.57 bits per heavy atom. The Balaban J connectivity index is 2.27. The van der Waals surface area contributed by atoms with Gasteiger partial charge in [0.1, 0.15) is 12.1 Å². The minimum Gasteiger partial charge on any atom is -0.392 e. The van der Waals surface area contributed by atoms with Crippen LogP contribution < -0.4 is 5.32 Å². The van der Waals surface area contributed by atoms with Crippen LogP contribution in [-0.2, 0) is 0 Å². The summed E-state index contributed by atoms with van der Waals surface area (Å²) in [6.45, 7) is 2.19. The number of anilines is 1. The zero-order valence-electron chi connectivity index (χ0n) is 7.75. The molecule has 6 nitrogen and oxygen atoms in total. The van der Waals surface area contributed by atoms with Gasteiger partial charge in [-0.3, -0.25) is 9.38 Å². The standard InChI is InChI=1S/C8H11N5O/c1-6(14)2-10-7-3-9-4-8-12-11-5-13(7)8/h3-6,10,14H,2H2,1H3/t6-/m0/s1. The number of aliphatic hydroxyl groups excluding tert-OH is 1. The fourth-order valence-corrected chi connectivity index (χ4v) is 1.14. The van der Waals surface area contributed by atoms with E-state index in [0.717, 1.165) is 5.82 Å². The van der Waals surface area contributed by atoms with Crippen LogP contribution in [0.15, 0.2) is 18.7 Å². The van der Waals surface area contributed by atoms with Crippen LogP contribution in [0.2, 0.25) is 0 Å². The average molecular weight is 193 g/mol. The van der Waals surface area contributed by atoms with Crippen molar-refractivity contribution in [2.45, 2.75) is 13.0 Å². The van der Waals surface area contributed by atoms with Gasteiger partial charge in [-0.15, -0.1) is 10.2 Å². The summed E-state index contributed by atoms with van der Waals surface area (Å²) in [4.78, 5) is 4.00. The molecule has 0 unspecified atom stereocenters. The third-order valence-corrected chi connectivity index (χ3v) is 1.80. The molecule has 0 spiro atoms. The third-order valence-electron chi connectivity index (χ3n) is 1.80. The van der Waals surface area contributed by atoms with Gasteiger partial charge in [0, 0.05) is 6.54 Å². The van der Waals surface area contributed by atoms with Crippen molar-refractivity contribution in [2.75, 3.05) is 11.9 Å². The predicted octanol–water partition coefficient (Wildman–Crippen LogP) is -0.0830. The number of nitrogens with zero attached hydrogens (tertiary/aromatic N) is 4. The van der Waals surface area contributed by atoms with Crippen molar-refractivity contribution in [3.8, 4) is 0 Å². The van der Waals surface area contributed by atoms with Crippen molar-refractivity contribution in [1.82, 2.24) is 19.6 Å². The second-order valence-corrected chi connectivity index (χ2v) is 3.08. The van der Waals surface area contributed by atoms with Gasteiger partial charge in [0.25, 0.3) is 0 Å². The lowest BCUT2D eigenvalue weighted by Crippen LogP contribution is -2.16. The molecule has 0 amide bonds. The number of hydrogen-bond donors (Lipinski definition) is 2. The molecule has 1 atom stereocenters. The van der Waals surface area contributed by atoms with Crippen LogP contribution in [0.25, 0.3) is 5.65 Å². The summed E-state index contributed by atoms with van der Waals surface area (Å²) in [5, 5.41) is 19.8. The Hall–Kier alpha value is -1.69. The molecule has 0 aliphatic rings. The molecular formula is C8H11N5O. The smallest absolute Gasteiger partial charge is 0.180 e. The molecule has 0 saturated heterocycles. The van der Waals surface area contributed by atoms with Crippen molar-refractivity contribution >= 4 is 11.5 Å². The largest absolute Gasteiger partial charge is 0.392 e. The number of nitrogens with one attached hydrogen (secondary N) is 1. The lowest BCUT2D eigenvalue weighted by atomic mass is 10.4. The van der Waals surface area contributed by atoms with Crippen LogP contribution in [0.3, 0.4) is 0 Å². The van der Waals surface area contributed by atoms with Gasteiger partial charge in [-0.05, 0) is 6.92 Å². The van der Waals surface area contributed by atoms with Crippen molar-refractivity contribution in [3.05, 3.63) is 18.7 Å². The molecule has 0 saturated carbocycles. The Morgan fingerprint density at radius 3 is 3.21 bits per heavy atom. The van der Waals surface area contributed by atoms with Crippen molar-refractivity contribution < 1.29 is 5.11 Å². The first kappa shape index (κ1) is 8.89. The van der Waals surface area contributed by atoms with E-state index < -0.39 is 6.10 Å². The van der Waals surface area contributed by atoms with E-state index in [1.807, 2.05) is 0 Å². The van der Waals surface area contributed by atoms with E-state index in [1.165, 1.54) is 0 Å². The van der Waals surface area contributed by atoms with Gasteiger partial charge in [0.05, 0.1) is 18.5 Å². The quantitative estimate of drug-likeness (QED) is 0.713. The highest BCUT2D eigenvalue weighted by Crippen LogP contribution is 2.06. The zero-order chi connectivity index (χ0) is 9.97. The van der Waals surface area contributed by atoms with E-state index in [9.17, 15) is 0 Å². The highest BCUT2D eigenvalue weighted by molar-refractivity contribution is 5.45. The SMILES string of the molecule is C[C@H](O)CNc1cncc2nncn12. The lowest BCUT2D eigenvalue weighted by Gasteiger charge is -2.08. The third kappa shape index (κ3) is 1.64. The normalized spacial score (nSPS) is 13.0. The Kier molecular flexibility index (Phi) is 2.28. The molecular weight excluding hydrogens is 182 g/mol. The summed E-state index contributed by atoms with van der Waals surface area (Å²) >= 11 is 0. The summed E-state index contributed by atoms with van der Waals surface area (Å²) in [6, 6.07) is 0. The summed E-state index contributed by atoms with van der Waals surface area (Å²) in [5.41, 5.74) is 0.681. The first-order valence-electron chi connectivity index (χ1n) is 4.33. The van der Waals surface area contributed by atoms with Gasteiger partial charge in [0.2, 0.25) is 0 Å². The predicted molar refractivity (Wildman–Crippen MR) is 51.0 cm³/mol. The molecule has 2 aromatic rings. The maximum Gasteiger partial charge on any atom is 0.180 e. The number of hydrogen-bond acceptors (Lipinski definition) is 5. The van der Waals surface area contributed by atoms with Gasteiger partial charge >= 0.3 is 0 Å². The number of fused-ring (bicyclic) bond motifs is 1. The van der Waals surface area contributed by atoms with Crippen LogP contribution in [0, 0.1) is 0 Å². The van der Waals surface area contributed by atoms with Crippen LogP contribution >= 0.6 is 0 Å². The molecule has 0 radical (unpaired) electrons. The van der Waals surface area contributed by atoms with Crippen molar-refractivity contribution in [3.63, 3.8) is 0 Å². The van der Waals surface area contributed by atoms with E-state index in [2.05, 4.69) is 20.5 Å². The molecule has 0 aliphatic heterocycles. The summed E-state index contributed by atoms with van der Waals surface area (Å²) < 4.78 is 1.77. The highest BCUT2D eigenvalue weighted by Gasteiger charge is 2.02. The second kappa shape index (κ2) is 3.59. The van der Waals surface area contributed by atoms with Gasteiger partial charge in [-0.25, -0.2) is 0 Å². The lowest BCUT2D eigenvalue weighted by molar-refractivity contribution is 0.208. The van der Waals surface area contributed by atoms with E-state index in [0.29, 0.717) is 12.2 Å². The van der Waals surface area contributed by atoms with E-state index in [-0.39, 0.29) is 0 Å². The molecule has 0 aromatic carbocycles. The Bertz CT molecular complexity index is 424. The van der Waals surface area contributed by atoms with E-state index in [1.54, 1.807) is 30.0 Å². The maximum atomic E-state index is 9.11. The van der Waals surface area contributed by atoms with Crippen molar-refractivity contribution in [2.24, 2.45) is 0 Å². The van der Waals surface area contributed by atoms with Gasteiger partial charge < -0.3 is 10.4 Å². The number of aliphatic hydroxyl groups is 1. The van der Waals surface area contributed by atoms with Crippen LogP contribution in [0.5, 0.6) is 0 Å². The minimum absolute atomic E-state index is 0.401. The van der Waals surface area contributed by atoms with Crippen LogP contribution in [0.1, 0.15) is 6.92 Å². The molecule has 14 heavy (non-hydrogen) atoms. The molecule has 0 aliphatic carbocycles. The summed E-state index contributed by atoms with van der Waals surface area (Å²) in [7, 11) is 0. The molecule has 74 valence electrons. The average Bonchev–Trinajstić information content (AvgIpc) is 2.62. The highest BCUT2D eigenvalue weighted by atomic mass is 16.3. The van der Waals surface area contributed by atoms with E-state index >= 15 is 0 Å². The first-order chi connectivity index (χ1) is 6.77. The second-order valence-electron chi connectivity index (χ2n) is 3.08. The Labute approximate surface area is 80.6 Å². The summed E-state index contributed by atoms with van der Waals surface area (Å²) in [6.07, 6.45) is 4.49. The zero-order valence-corrected chi connectivity index (χ0v) is 7.75.